The molecule has 3 rings (SSSR count). The number of hydrogen-bond donors (Lipinski definition) is 3. The lowest BCUT2D eigenvalue weighted by molar-refractivity contribution is -0.161. The van der Waals surface area contributed by atoms with Crippen LogP contribution in [0.15, 0.2) is 21.9 Å². The molecule has 0 aliphatic carbocycles. The van der Waals surface area contributed by atoms with Crippen LogP contribution in [0.4, 0.5) is 0 Å². The maximum Gasteiger partial charge on any atom is 0.328 e. The highest BCUT2D eigenvalue weighted by Gasteiger charge is 2.64. The van der Waals surface area contributed by atoms with Gasteiger partial charge >= 0.3 is 11.7 Å². The molecule has 0 saturated carbocycles. The van der Waals surface area contributed by atoms with Gasteiger partial charge in [-0.3, -0.25) is 19.4 Å². The number of aryl methyl sites for hydroxylation is 1. The Morgan fingerprint density at radius 3 is 2.65 bits per heavy atom. The smallest absolute Gasteiger partial charge is 0.328 e. The fraction of sp³-hybridized carbons (Fsp3) is 0.533. The number of fused-ring (bicyclic) bond motifs is 1. The summed E-state index contributed by atoms with van der Waals surface area (Å²) in [6.07, 6.45) is 1.23. The molecule has 26 heavy (non-hydrogen) atoms. The molecule has 2 amide bonds. The summed E-state index contributed by atoms with van der Waals surface area (Å²) in [6.45, 7) is 3.56. The number of aromatic nitrogens is 2. The van der Waals surface area contributed by atoms with Gasteiger partial charge in [-0.25, -0.2) is 9.59 Å². The lowest BCUT2D eigenvalue weighted by atomic mass is 9.96. The third-order valence-electron chi connectivity index (χ3n) is 4.47. The average Bonchev–Trinajstić information content (AvgIpc) is 2.80. The summed E-state index contributed by atoms with van der Waals surface area (Å²) in [5.74, 6) is -1.92. The Morgan fingerprint density at radius 1 is 1.35 bits per heavy atom. The number of amides is 2. The van der Waals surface area contributed by atoms with E-state index in [2.05, 4.69) is 10.3 Å². The first-order valence-electron chi connectivity index (χ1n) is 7.94. The van der Waals surface area contributed by atoms with Gasteiger partial charge in [-0.2, -0.15) is 0 Å². The standard InChI is InChI=1S/C15H18N4O6S/c1-15(2)10(13(23)24)19-11(22)9(12(19)26-15)16-7(20)3-5-18-6-4-8(21)17-14(18)25/h4,6,9-10,12H,3,5H2,1-2H3,(H,16,20)(H,23,24)(H,17,21,25)/t9-,10+,12-/m1/s1. The van der Waals surface area contributed by atoms with Gasteiger partial charge in [0, 0.05) is 30.0 Å². The summed E-state index contributed by atoms with van der Waals surface area (Å²) in [4.78, 5) is 61.8. The van der Waals surface area contributed by atoms with E-state index in [1.165, 1.54) is 33.5 Å². The zero-order valence-corrected chi connectivity index (χ0v) is 14.9. The first kappa shape index (κ1) is 18.2. The predicted octanol–water partition coefficient (Wildman–Crippen LogP) is -1.44. The molecule has 3 heterocycles. The van der Waals surface area contributed by atoms with E-state index in [9.17, 15) is 29.1 Å². The van der Waals surface area contributed by atoms with Crippen molar-refractivity contribution in [3.05, 3.63) is 33.1 Å². The van der Waals surface area contributed by atoms with Crippen LogP contribution < -0.4 is 16.6 Å². The normalized spacial score (nSPS) is 26.2. The molecule has 0 bridgehead atoms. The number of nitrogens with one attached hydrogen (secondary N) is 2. The number of carboxylic acids is 1. The molecule has 0 radical (unpaired) electrons. The van der Waals surface area contributed by atoms with Crippen LogP contribution in [0.5, 0.6) is 0 Å². The minimum absolute atomic E-state index is 0.0487. The Bertz CT molecular complexity index is 891. The topological polar surface area (TPSA) is 142 Å². The van der Waals surface area contributed by atoms with Crippen molar-refractivity contribution in [1.82, 2.24) is 19.8 Å². The predicted molar refractivity (Wildman–Crippen MR) is 91.6 cm³/mol. The minimum atomic E-state index is -1.07. The van der Waals surface area contributed by atoms with E-state index in [1.807, 2.05) is 0 Å². The number of H-pyrrole nitrogens is 1. The van der Waals surface area contributed by atoms with E-state index in [1.54, 1.807) is 13.8 Å². The second kappa shape index (κ2) is 6.31. The first-order chi connectivity index (χ1) is 12.1. The van der Waals surface area contributed by atoms with Crippen molar-refractivity contribution in [3.63, 3.8) is 0 Å². The van der Waals surface area contributed by atoms with E-state index in [4.69, 9.17) is 0 Å². The summed E-state index contributed by atoms with van der Waals surface area (Å²) < 4.78 is 0.526. The Balaban J connectivity index is 1.61. The number of β-lactam (4-membered cyclic amide) rings is 1. The summed E-state index contributed by atoms with van der Waals surface area (Å²) in [5.41, 5.74) is -1.14. The number of thioether (sulfide) groups is 1. The van der Waals surface area contributed by atoms with E-state index in [-0.39, 0.29) is 13.0 Å². The number of rotatable bonds is 5. The van der Waals surface area contributed by atoms with Gasteiger partial charge in [0.15, 0.2) is 0 Å². The molecule has 11 heteroatoms. The molecule has 1 aromatic heterocycles. The molecule has 2 aliphatic heterocycles. The quantitative estimate of drug-likeness (QED) is 0.529. The number of nitrogens with zero attached hydrogens (tertiary/aromatic N) is 2. The Morgan fingerprint density at radius 2 is 2.04 bits per heavy atom. The zero-order valence-electron chi connectivity index (χ0n) is 14.1. The molecule has 10 nitrogen and oxygen atoms in total. The van der Waals surface area contributed by atoms with Crippen LogP contribution in [0.2, 0.25) is 0 Å². The van der Waals surface area contributed by atoms with Gasteiger partial charge in [0.1, 0.15) is 17.5 Å². The van der Waals surface area contributed by atoms with Gasteiger partial charge in [0.2, 0.25) is 11.8 Å². The highest BCUT2D eigenvalue weighted by molar-refractivity contribution is 8.01. The average molecular weight is 382 g/mol. The summed E-state index contributed by atoms with van der Waals surface area (Å²) in [6, 6.07) is -0.531. The Labute approximate surface area is 151 Å². The van der Waals surface area contributed by atoms with Crippen molar-refractivity contribution >= 4 is 29.5 Å². The van der Waals surface area contributed by atoms with Gasteiger partial charge in [-0.1, -0.05) is 0 Å². The highest BCUT2D eigenvalue weighted by Crippen LogP contribution is 2.50. The number of carboxylic acid groups (broad SMARTS) is 1. The molecule has 0 spiro atoms. The van der Waals surface area contributed by atoms with E-state index in [0.29, 0.717) is 0 Å². The number of aliphatic carboxylic acids is 1. The molecule has 0 unspecified atom stereocenters. The van der Waals surface area contributed by atoms with Gasteiger partial charge < -0.3 is 19.9 Å². The van der Waals surface area contributed by atoms with Crippen molar-refractivity contribution in [2.75, 3.05) is 0 Å². The van der Waals surface area contributed by atoms with Crippen LogP contribution in [0.3, 0.4) is 0 Å². The molecule has 2 aliphatic rings. The molecule has 0 aromatic carbocycles. The molecule has 2 fully saturated rings. The van der Waals surface area contributed by atoms with Crippen LogP contribution in [0, 0.1) is 0 Å². The maximum atomic E-state index is 12.3. The third-order valence-corrected chi connectivity index (χ3v) is 6.04. The SMILES string of the molecule is CC1(C)S[C@@H]2[C@H](NC(=O)CCn3ccc(=O)[nH]c3=O)C(=O)N2[C@H]1C(=O)O. The highest BCUT2D eigenvalue weighted by atomic mass is 32.2. The van der Waals surface area contributed by atoms with Crippen molar-refractivity contribution in [3.8, 4) is 0 Å². The Hall–Kier alpha value is -2.56. The third kappa shape index (κ3) is 3.02. The number of aromatic amines is 1. The fourth-order valence-electron chi connectivity index (χ4n) is 3.23. The van der Waals surface area contributed by atoms with E-state index < -0.39 is 51.2 Å². The molecule has 140 valence electrons. The van der Waals surface area contributed by atoms with E-state index >= 15 is 0 Å². The Kier molecular flexibility index (Phi) is 4.42. The molecule has 2 saturated heterocycles. The molecular weight excluding hydrogens is 364 g/mol. The molecule has 3 atom stereocenters. The molecule has 1 aromatic rings. The maximum absolute atomic E-state index is 12.3. The summed E-state index contributed by atoms with van der Waals surface area (Å²) in [7, 11) is 0. The van der Waals surface area contributed by atoms with Crippen molar-refractivity contribution < 1.29 is 19.5 Å². The van der Waals surface area contributed by atoms with Gasteiger partial charge in [-0.15, -0.1) is 11.8 Å². The monoisotopic (exact) mass is 382 g/mol. The summed E-state index contributed by atoms with van der Waals surface area (Å²) >= 11 is 1.34. The van der Waals surface area contributed by atoms with Crippen molar-refractivity contribution in [2.24, 2.45) is 0 Å². The van der Waals surface area contributed by atoms with Gasteiger partial charge in [-0.05, 0) is 13.8 Å². The lowest BCUT2D eigenvalue weighted by Crippen LogP contribution is -2.70. The van der Waals surface area contributed by atoms with Crippen LogP contribution >= 0.6 is 11.8 Å². The lowest BCUT2D eigenvalue weighted by Gasteiger charge is -2.43. The van der Waals surface area contributed by atoms with Gasteiger partial charge in [0.25, 0.3) is 5.56 Å². The number of carbonyl (C=O) groups is 3. The minimum Gasteiger partial charge on any atom is -0.480 e. The second-order valence-corrected chi connectivity index (χ2v) is 8.47. The number of carbonyl (C=O) groups excluding carboxylic acids is 2. The summed E-state index contributed by atoms with van der Waals surface area (Å²) in [5, 5.41) is 11.5. The van der Waals surface area contributed by atoms with E-state index in [0.717, 1.165) is 0 Å². The van der Waals surface area contributed by atoms with Crippen molar-refractivity contribution in [1.29, 1.82) is 0 Å². The van der Waals surface area contributed by atoms with Crippen LogP contribution in [0.1, 0.15) is 20.3 Å². The number of hydrogen-bond acceptors (Lipinski definition) is 6. The van der Waals surface area contributed by atoms with Crippen LogP contribution in [0.25, 0.3) is 0 Å². The zero-order chi connectivity index (χ0) is 19.2. The van der Waals surface area contributed by atoms with Crippen LogP contribution in [-0.2, 0) is 20.9 Å². The molecule has 3 N–H and O–H groups in total. The fourth-order valence-corrected chi connectivity index (χ4v) is 4.86. The van der Waals surface area contributed by atoms with Gasteiger partial charge in [0.05, 0.1) is 0 Å². The largest absolute Gasteiger partial charge is 0.480 e. The van der Waals surface area contributed by atoms with Crippen LogP contribution in [-0.4, -0.2) is 59.5 Å². The first-order valence-corrected chi connectivity index (χ1v) is 8.82. The van der Waals surface area contributed by atoms with Crippen molar-refractivity contribution in [2.45, 2.75) is 49.0 Å². The second-order valence-electron chi connectivity index (χ2n) is 6.70. The molecular formula is C15H18N4O6S.